The summed E-state index contributed by atoms with van der Waals surface area (Å²) in [6.45, 7) is 7.72. The van der Waals surface area contributed by atoms with E-state index in [0.29, 0.717) is 0 Å². The summed E-state index contributed by atoms with van der Waals surface area (Å²) in [6.07, 6.45) is 18.5. The Morgan fingerprint density at radius 3 is 1.32 bits per heavy atom. The normalized spacial score (nSPS) is 11.4. The first-order chi connectivity index (χ1) is 9.27. The molecule has 0 aromatic carbocycles. The molecule has 0 N–H and O–H groups in total. The van der Waals surface area contributed by atoms with Crippen LogP contribution in [-0.2, 0) is 4.43 Å². The zero-order valence-corrected chi connectivity index (χ0v) is 14.8. The maximum atomic E-state index is 5.64. The standard InChI is InChI=1S/C17H37OSi/c1-4-5-6-7-8-9-10-11-12-13-14-15-16-17-18-19(2)3/h4-17H2,1-3H3. The lowest BCUT2D eigenvalue weighted by Gasteiger charge is -2.05. The van der Waals surface area contributed by atoms with E-state index in [9.17, 15) is 0 Å². The minimum atomic E-state index is -0.450. The molecule has 1 nitrogen and oxygen atoms in total. The molecule has 0 aliphatic carbocycles. The molecule has 0 fully saturated rings. The molecule has 19 heavy (non-hydrogen) atoms. The predicted octanol–water partition coefficient (Wildman–Crippen LogP) is 6.35. The lowest BCUT2D eigenvalue weighted by atomic mass is 10.0. The summed E-state index contributed by atoms with van der Waals surface area (Å²) in [4.78, 5) is 0. The molecule has 115 valence electrons. The maximum Gasteiger partial charge on any atom is 0.204 e. The number of hydrogen-bond donors (Lipinski definition) is 0. The molecule has 0 aliphatic heterocycles. The van der Waals surface area contributed by atoms with Gasteiger partial charge in [0.15, 0.2) is 0 Å². The van der Waals surface area contributed by atoms with Crippen molar-refractivity contribution in [3.8, 4) is 0 Å². The first-order valence-electron chi connectivity index (χ1n) is 8.70. The topological polar surface area (TPSA) is 9.23 Å². The van der Waals surface area contributed by atoms with E-state index in [2.05, 4.69) is 20.0 Å². The zero-order chi connectivity index (χ0) is 14.2. The molecular formula is C17H37OSi. The van der Waals surface area contributed by atoms with Gasteiger partial charge in [-0.1, -0.05) is 84.0 Å². The van der Waals surface area contributed by atoms with Gasteiger partial charge in [0.05, 0.1) is 0 Å². The van der Waals surface area contributed by atoms with Crippen LogP contribution in [0.2, 0.25) is 13.1 Å². The summed E-state index contributed by atoms with van der Waals surface area (Å²) in [5.74, 6) is 0. The summed E-state index contributed by atoms with van der Waals surface area (Å²) in [5, 5.41) is 0. The van der Waals surface area contributed by atoms with Crippen LogP contribution in [0.3, 0.4) is 0 Å². The van der Waals surface area contributed by atoms with E-state index in [-0.39, 0.29) is 0 Å². The van der Waals surface area contributed by atoms with E-state index in [1.54, 1.807) is 0 Å². The van der Waals surface area contributed by atoms with E-state index < -0.39 is 9.04 Å². The average Bonchev–Trinajstić information content (AvgIpc) is 2.39. The molecule has 0 unspecified atom stereocenters. The molecule has 0 aliphatic rings. The van der Waals surface area contributed by atoms with E-state index in [0.717, 1.165) is 6.61 Å². The van der Waals surface area contributed by atoms with Gasteiger partial charge < -0.3 is 4.43 Å². The Labute approximate surface area is 124 Å². The second-order valence-electron chi connectivity index (χ2n) is 6.00. The van der Waals surface area contributed by atoms with Gasteiger partial charge in [-0.15, -0.1) is 0 Å². The van der Waals surface area contributed by atoms with Crippen molar-refractivity contribution in [1.29, 1.82) is 0 Å². The third-order valence-electron chi connectivity index (χ3n) is 3.64. The van der Waals surface area contributed by atoms with Gasteiger partial charge in [0.2, 0.25) is 9.04 Å². The summed E-state index contributed by atoms with van der Waals surface area (Å²) < 4.78 is 5.64. The van der Waals surface area contributed by atoms with Crippen LogP contribution in [0.15, 0.2) is 0 Å². The third-order valence-corrected chi connectivity index (χ3v) is 4.42. The molecule has 0 aromatic rings. The predicted molar refractivity (Wildman–Crippen MR) is 89.1 cm³/mol. The highest BCUT2D eigenvalue weighted by Crippen LogP contribution is 2.12. The van der Waals surface area contributed by atoms with Crippen LogP contribution in [0.1, 0.15) is 90.4 Å². The Kier molecular flexibility index (Phi) is 16.4. The fraction of sp³-hybridized carbons (Fsp3) is 1.00. The summed E-state index contributed by atoms with van der Waals surface area (Å²) >= 11 is 0. The van der Waals surface area contributed by atoms with E-state index >= 15 is 0 Å². The van der Waals surface area contributed by atoms with Crippen molar-refractivity contribution < 1.29 is 4.43 Å². The highest BCUT2D eigenvalue weighted by atomic mass is 28.3. The van der Waals surface area contributed by atoms with Gasteiger partial charge in [-0.25, -0.2) is 0 Å². The number of rotatable bonds is 15. The second-order valence-corrected chi connectivity index (χ2v) is 8.10. The molecule has 0 bridgehead atoms. The molecule has 2 heteroatoms. The molecule has 0 saturated heterocycles. The van der Waals surface area contributed by atoms with Crippen molar-refractivity contribution in [3.63, 3.8) is 0 Å². The lowest BCUT2D eigenvalue weighted by Crippen LogP contribution is -2.08. The van der Waals surface area contributed by atoms with Gasteiger partial charge in [-0.3, -0.25) is 0 Å². The second kappa shape index (κ2) is 16.2. The van der Waals surface area contributed by atoms with Crippen molar-refractivity contribution in [2.75, 3.05) is 6.61 Å². The molecule has 0 heterocycles. The van der Waals surface area contributed by atoms with Crippen molar-refractivity contribution >= 4 is 9.04 Å². The number of unbranched alkanes of at least 4 members (excludes halogenated alkanes) is 12. The average molecular weight is 286 g/mol. The van der Waals surface area contributed by atoms with Crippen LogP contribution in [0.5, 0.6) is 0 Å². The van der Waals surface area contributed by atoms with Crippen molar-refractivity contribution in [2.24, 2.45) is 0 Å². The Balaban J connectivity index is 2.91. The molecule has 1 radical (unpaired) electrons. The fourth-order valence-corrected chi connectivity index (χ4v) is 2.95. The Morgan fingerprint density at radius 2 is 0.947 bits per heavy atom. The Morgan fingerprint density at radius 1 is 0.579 bits per heavy atom. The fourth-order valence-electron chi connectivity index (χ4n) is 2.40. The SMILES string of the molecule is CCCCCCCCCCCCCCCO[Si](C)C. The smallest absolute Gasteiger partial charge is 0.204 e. The van der Waals surface area contributed by atoms with Crippen LogP contribution >= 0.6 is 0 Å². The van der Waals surface area contributed by atoms with Crippen LogP contribution < -0.4 is 0 Å². The van der Waals surface area contributed by atoms with Gasteiger partial charge in [0.25, 0.3) is 0 Å². The quantitative estimate of drug-likeness (QED) is 0.252. The van der Waals surface area contributed by atoms with Crippen LogP contribution in [-0.4, -0.2) is 15.6 Å². The lowest BCUT2D eigenvalue weighted by molar-refractivity contribution is 0.311. The van der Waals surface area contributed by atoms with Crippen molar-refractivity contribution in [2.45, 2.75) is 103 Å². The molecule has 0 saturated carbocycles. The monoisotopic (exact) mass is 285 g/mol. The summed E-state index contributed by atoms with van der Waals surface area (Å²) in [5.41, 5.74) is 0. The van der Waals surface area contributed by atoms with Gasteiger partial charge in [-0.05, 0) is 19.5 Å². The van der Waals surface area contributed by atoms with Gasteiger partial charge in [0, 0.05) is 6.61 Å². The molecule has 0 aromatic heterocycles. The van der Waals surface area contributed by atoms with Crippen LogP contribution in [0.4, 0.5) is 0 Å². The van der Waals surface area contributed by atoms with Gasteiger partial charge in [0.1, 0.15) is 0 Å². The molecular weight excluding hydrogens is 248 g/mol. The Hall–Kier alpha value is 0.177. The largest absolute Gasteiger partial charge is 0.417 e. The van der Waals surface area contributed by atoms with E-state index in [1.165, 1.54) is 83.5 Å². The van der Waals surface area contributed by atoms with Gasteiger partial charge >= 0.3 is 0 Å². The molecule has 0 atom stereocenters. The number of hydrogen-bond acceptors (Lipinski definition) is 1. The third kappa shape index (κ3) is 18.2. The zero-order valence-electron chi connectivity index (χ0n) is 13.8. The summed E-state index contributed by atoms with van der Waals surface area (Å²) in [6, 6.07) is 0. The van der Waals surface area contributed by atoms with Crippen LogP contribution in [0.25, 0.3) is 0 Å². The first-order valence-corrected chi connectivity index (χ1v) is 11.1. The highest BCUT2D eigenvalue weighted by Gasteiger charge is 1.96. The highest BCUT2D eigenvalue weighted by molar-refractivity contribution is 6.48. The van der Waals surface area contributed by atoms with Crippen molar-refractivity contribution in [1.82, 2.24) is 0 Å². The molecule has 0 amide bonds. The Bertz CT molecular complexity index is 159. The molecule has 0 rings (SSSR count). The van der Waals surface area contributed by atoms with E-state index in [4.69, 9.17) is 4.43 Å². The van der Waals surface area contributed by atoms with Gasteiger partial charge in [-0.2, -0.15) is 0 Å². The first kappa shape index (κ1) is 19.2. The molecule has 0 spiro atoms. The summed E-state index contributed by atoms with van der Waals surface area (Å²) in [7, 11) is -0.450. The van der Waals surface area contributed by atoms with Crippen molar-refractivity contribution in [3.05, 3.63) is 0 Å². The maximum absolute atomic E-state index is 5.64. The van der Waals surface area contributed by atoms with E-state index in [1.807, 2.05) is 0 Å². The van der Waals surface area contributed by atoms with Crippen LogP contribution in [0, 0.1) is 0 Å². The minimum absolute atomic E-state index is 0.450. The minimum Gasteiger partial charge on any atom is -0.417 e.